The fourth-order valence-corrected chi connectivity index (χ4v) is 2.05. The van der Waals surface area contributed by atoms with Gasteiger partial charge in [0, 0.05) is 5.69 Å². The summed E-state index contributed by atoms with van der Waals surface area (Å²) >= 11 is 0. The van der Waals surface area contributed by atoms with E-state index in [2.05, 4.69) is 5.32 Å². The summed E-state index contributed by atoms with van der Waals surface area (Å²) in [5.74, 6) is -0.131. The minimum Gasteiger partial charge on any atom is -0.398 e. The largest absolute Gasteiger partial charge is 0.398 e. The minimum absolute atomic E-state index is 0.00769. The summed E-state index contributed by atoms with van der Waals surface area (Å²) in [6.45, 7) is 2.05. The van der Waals surface area contributed by atoms with Crippen LogP contribution < -0.4 is 11.1 Å². The maximum Gasteiger partial charge on any atom is 0.253 e. The third kappa shape index (κ3) is 3.13. The number of para-hydroxylation sites is 1. The van der Waals surface area contributed by atoms with E-state index in [9.17, 15) is 4.79 Å². The molecule has 3 nitrogen and oxygen atoms in total. The summed E-state index contributed by atoms with van der Waals surface area (Å²) in [6.07, 6.45) is 0.836. The first-order valence-corrected chi connectivity index (χ1v) is 6.42. The maximum absolute atomic E-state index is 12.2. The summed E-state index contributed by atoms with van der Waals surface area (Å²) in [7, 11) is 0. The molecule has 0 bridgehead atoms. The van der Waals surface area contributed by atoms with Gasteiger partial charge in [-0.3, -0.25) is 4.79 Å². The quantitative estimate of drug-likeness (QED) is 0.823. The Balaban J connectivity index is 2.16. The molecule has 0 aliphatic heterocycles. The first-order chi connectivity index (χ1) is 9.22. The number of nitrogen functional groups attached to an aromatic ring is 1. The summed E-state index contributed by atoms with van der Waals surface area (Å²) in [5, 5.41) is 3.02. The Morgan fingerprint density at radius 3 is 2.37 bits per heavy atom. The van der Waals surface area contributed by atoms with Crippen LogP contribution in [0.3, 0.4) is 0 Å². The highest BCUT2D eigenvalue weighted by molar-refractivity contribution is 5.99. The third-order valence-electron chi connectivity index (χ3n) is 3.12. The number of nitrogens with two attached hydrogens (primary N) is 1. The molecule has 0 spiro atoms. The van der Waals surface area contributed by atoms with Gasteiger partial charge in [0.25, 0.3) is 5.91 Å². The number of anilines is 1. The average Bonchev–Trinajstić information content (AvgIpc) is 2.46. The van der Waals surface area contributed by atoms with Crippen molar-refractivity contribution in [1.29, 1.82) is 0 Å². The second kappa shape index (κ2) is 6.05. The molecule has 0 saturated carbocycles. The molecule has 1 amide bonds. The standard InChI is InChI=1S/C16H18N2O/c1-2-15(12-8-4-3-5-9-12)18-16(19)13-10-6-7-11-14(13)17/h3-11,15H,2,17H2,1H3,(H,18,19). The number of carbonyl (C=O) groups excluding carboxylic acids is 1. The van der Waals surface area contributed by atoms with Crippen LogP contribution in [0, 0.1) is 0 Å². The molecule has 0 saturated heterocycles. The number of nitrogens with one attached hydrogen (secondary N) is 1. The van der Waals surface area contributed by atoms with Gasteiger partial charge in [0.15, 0.2) is 0 Å². The van der Waals surface area contributed by atoms with Gasteiger partial charge in [0.05, 0.1) is 11.6 Å². The zero-order chi connectivity index (χ0) is 13.7. The van der Waals surface area contributed by atoms with Crippen LogP contribution in [0.25, 0.3) is 0 Å². The van der Waals surface area contributed by atoms with Gasteiger partial charge in [0.2, 0.25) is 0 Å². The summed E-state index contributed by atoms with van der Waals surface area (Å²) in [6, 6.07) is 17.1. The smallest absolute Gasteiger partial charge is 0.253 e. The molecule has 0 heterocycles. The SMILES string of the molecule is CCC(NC(=O)c1ccccc1N)c1ccccc1. The monoisotopic (exact) mass is 254 g/mol. The molecule has 1 unspecified atom stereocenters. The number of rotatable bonds is 4. The van der Waals surface area contributed by atoms with Crippen molar-refractivity contribution >= 4 is 11.6 Å². The van der Waals surface area contributed by atoms with Crippen molar-refractivity contribution in [3.63, 3.8) is 0 Å². The lowest BCUT2D eigenvalue weighted by Gasteiger charge is -2.18. The number of benzene rings is 2. The van der Waals surface area contributed by atoms with Gasteiger partial charge in [0.1, 0.15) is 0 Å². The van der Waals surface area contributed by atoms with E-state index < -0.39 is 0 Å². The van der Waals surface area contributed by atoms with Crippen LogP contribution in [0.5, 0.6) is 0 Å². The minimum atomic E-state index is -0.131. The highest BCUT2D eigenvalue weighted by Crippen LogP contribution is 2.18. The Hall–Kier alpha value is -2.29. The fourth-order valence-electron chi connectivity index (χ4n) is 2.05. The Bertz CT molecular complexity index is 552. The van der Waals surface area contributed by atoms with E-state index in [1.807, 2.05) is 49.4 Å². The van der Waals surface area contributed by atoms with Gasteiger partial charge in [-0.15, -0.1) is 0 Å². The number of amides is 1. The van der Waals surface area contributed by atoms with E-state index in [4.69, 9.17) is 5.73 Å². The zero-order valence-corrected chi connectivity index (χ0v) is 11.0. The van der Waals surface area contributed by atoms with Gasteiger partial charge in [-0.2, -0.15) is 0 Å². The average molecular weight is 254 g/mol. The first kappa shape index (κ1) is 13.1. The second-order valence-corrected chi connectivity index (χ2v) is 4.43. The Kier molecular flexibility index (Phi) is 4.18. The van der Waals surface area contributed by atoms with Crippen molar-refractivity contribution < 1.29 is 4.79 Å². The molecule has 3 N–H and O–H groups in total. The normalized spacial score (nSPS) is 11.8. The zero-order valence-electron chi connectivity index (χ0n) is 11.0. The van der Waals surface area contributed by atoms with Crippen LogP contribution >= 0.6 is 0 Å². The van der Waals surface area contributed by atoms with Crippen LogP contribution in [-0.2, 0) is 0 Å². The lowest BCUT2D eigenvalue weighted by molar-refractivity contribution is 0.0936. The molecule has 0 aromatic heterocycles. The van der Waals surface area contributed by atoms with Crippen molar-refractivity contribution in [2.75, 3.05) is 5.73 Å². The molecule has 2 rings (SSSR count). The van der Waals surface area contributed by atoms with Crippen LogP contribution in [0.2, 0.25) is 0 Å². The molecule has 0 aliphatic rings. The van der Waals surface area contributed by atoms with Crippen LogP contribution in [-0.4, -0.2) is 5.91 Å². The summed E-state index contributed by atoms with van der Waals surface area (Å²) in [5.41, 5.74) is 7.95. The summed E-state index contributed by atoms with van der Waals surface area (Å²) in [4.78, 5) is 12.2. The van der Waals surface area contributed by atoms with Gasteiger partial charge in [-0.25, -0.2) is 0 Å². The van der Waals surface area contributed by atoms with Gasteiger partial charge < -0.3 is 11.1 Å². The van der Waals surface area contributed by atoms with Gasteiger partial charge >= 0.3 is 0 Å². The number of hydrogen-bond donors (Lipinski definition) is 2. The first-order valence-electron chi connectivity index (χ1n) is 6.42. The predicted octanol–water partition coefficient (Wildman–Crippen LogP) is 3.15. The van der Waals surface area contributed by atoms with Crippen LogP contribution in [0.1, 0.15) is 35.3 Å². The number of hydrogen-bond acceptors (Lipinski definition) is 2. The number of carbonyl (C=O) groups is 1. The molecule has 3 heteroatoms. The van der Waals surface area contributed by atoms with E-state index >= 15 is 0 Å². The molecule has 2 aromatic carbocycles. The molecule has 1 atom stereocenters. The van der Waals surface area contributed by atoms with Crippen LogP contribution in [0.4, 0.5) is 5.69 Å². The van der Waals surface area contributed by atoms with E-state index in [0.29, 0.717) is 11.3 Å². The van der Waals surface area contributed by atoms with Crippen LogP contribution in [0.15, 0.2) is 54.6 Å². The highest BCUT2D eigenvalue weighted by atomic mass is 16.1. The lowest BCUT2D eigenvalue weighted by Crippen LogP contribution is -2.28. The van der Waals surface area contributed by atoms with Crippen molar-refractivity contribution in [3.8, 4) is 0 Å². The Labute approximate surface area is 113 Å². The van der Waals surface area contributed by atoms with Gasteiger partial charge in [-0.05, 0) is 24.1 Å². The topological polar surface area (TPSA) is 55.1 Å². The molecule has 19 heavy (non-hydrogen) atoms. The lowest BCUT2D eigenvalue weighted by atomic mass is 10.0. The maximum atomic E-state index is 12.2. The Morgan fingerprint density at radius 1 is 1.11 bits per heavy atom. The third-order valence-corrected chi connectivity index (χ3v) is 3.12. The highest BCUT2D eigenvalue weighted by Gasteiger charge is 2.15. The second-order valence-electron chi connectivity index (χ2n) is 4.43. The van der Waals surface area contributed by atoms with E-state index in [1.54, 1.807) is 12.1 Å². The molecule has 0 radical (unpaired) electrons. The molecule has 98 valence electrons. The van der Waals surface area contributed by atoms with E-state index in [-0.39, 0.29) is 11.9 Å². The predicted molar refractivity (Wildman–Crippen MR) is 77.8 cm³/mol. The Morgan fingerprint density at radius 2 is 1.74 bits per heavy atom. The molecular formula is C16H18N2O. The van der Waals surface area contributed by atoms with Crippen molar-refractivity contribution in [2.45, 2.75) is 19.4 Å². The molecular weight excluding hydrogens is 236 g/mol. The van der Waals surface area contributed by atoms with Crippen molar-refractivity contribution in [3.05, 3.63) is 65.7 Å². The molecule has 0 fully saturated rings. The fraction of sp³-hybridized carbons (Fsp3) is 0.188. The van der Waals surface area contributed by atoms with Crippen molar-refractivity contribution in [1.82, 2.24) is 5.32 Å². The summed E-state index contributed by atoms with van der Waals surface area (Å²) < 4.78 is 0. The van der Waals surface area contributed by atoms with E-state index in [0.717, 1.165) is 12.0 Å². The van der Waals surface area contributed by atoms with Crippen molar-refractivity contribution in [2.24, 2.45) is 0 Å². The molecule has 0 aliphatic carbocycles. The van der Waals surface area contributed by atoms with E-state index in [1.165, 1.54) is 0 Å². The molecule has 2 aromatic rings. The van der Waals surface area contributed by atoms with Gasteiger partial charge in [-0.1, -0.05) is 49.4 Å².